The van der Waals surface area contributed by atoms with E-state index in [2.05, 4.69) is 0 Å². The number of aliphatic carboxylic acids is 1. The third-order valence-corrected chi connectivity index (χ3v) is 3.96. The van der Waals surface area contributed by atoms with Crippen molar-refractivity contribution >= 4 is 23.2 Å². The van der Waals surface area contributed by atoms with Crippen LogP contribution in [0.15, 0.2) is 17.5 Å². The summed E-state index contributed by atoms with van der Waals surface area (Å²) in [6.07, 6.45) is 0.760. The predicted molar refractivity (Wildman–Crippen MR) is 60.2 cm³/mol. The SMILES string of the molecule is CN1C(=O)CC[C@H](C(=O)O)[C@@H]1c1cccs1. The molecule has 2 rings (SSSR count). The lowest BCUT2D eigenvalue weighted by Crippen LogP contribution is -2.42. The lowest BCUT2D eigenvalue weighted by molar-refractivity contribution is -0.150. The van der Waals surface area contributed by atoms with Crippen LogP contribution < -0.4 is 0 Å². The normalized spacial score (nSPS) is 25.8. The molecule has 0 aromatic carbocycles. The minimum absolute atomic E-state index is 0.0240. The molecule has 1 saturated heterocycles. The average molecular weight is 239 g/mol. The topological polar surface area (TPSA) is 57.6 Å². The Kier molecular flexibility index (Phi) is 2.96. The second kappa shape index (κ2) is 4.25. The van der Waals surface area contributed by atoms with Gasteiger partial charge in [-0.25, -0.2) is 0 Å². The molecule has 16 heavy (non-hydrogen) atoms. The quantitative estimate of drug-likeness (QED) is 0.855. The van der Waals surface area contributed by atoms with Gasteiger partial charge in [0.15, 0.2) is 0 Å². The van der Waals surface area contributed by atoms with Crippen molar-refractivity contribution in [2.75, 3.05) is 7.05 Å². The van der Waals surface area contributed by atoms with Gasteiger partial charge in [0.1, 0.15) is 0 Å². The van der Waals surface area contributed by atoms with Crippen molar-refractivity contribution in [1.29, 1.82) is 0 Å². The van der Waals surface area contributed by atoms with Crippen LogP contribution in [0.4, 0.5) is 0 Å². The number of hydrogen-bond donors (Lipinski definition) is 1. The highest BCUT2D eigenvalue weighted by Crippen LogP contribution is 2.37. The molecule has 0 aliphatic carbocycles. The van der Waals surface area contributed by atoms with Gasteiger partial charge >= 0.3 is 5.97 Å². The molecule has 0 radical (unpaired) electrons. The summed E-state index contributed by atoms with van der Waals surface area (Å²) >= 11 is 1.50. The summed E-state index contributed by atoms with van der Waals surface area (Å²) in [5, 5.41) is 11.1. The standard InChI is InChI=1S/C11H13NO3S/c1-12-9(13)5-4-7(11(14)15)10(12)8-3-2-6-16-8/h2-3,6-7,10H,4-5H2,1H3,(H,14,15)/t7-,10+/m0/s1. The largest absolute Gasteiger partial charge is 0.481 e. The summed E-state index contributed by atoms with van der Waals surface area (Å²) in [6.45, 7) is 0. The van der Waals surface area contributed by atoms with Gasteiger partial charge in [0, 0.05) is 18.3 Å². The number of piperidine rings is 1. The lowest BCUT2D eigenvalue weighted by atomic mass is 9.88. The van der Waals surface area contributed by atoms with E-state index in [1.165, 1.54) is 11.3 Å². The summed E-state index contributed by atoms with van der Waals surface area (Å²) in [5.74, 6) is -1.28. The number of amides is 1. The van der Waals surface area contributed by atoms with Crippen molar-refractivity contribution in [2.45, 2.75) is 18.9 Å². The molecular formula is C11H13NO3S. The van der Waals surface area contributed by atoms with Gasteiger partial charge in [-0.1, -0.05) is 6.07 Å². The van der Waals surface area contributed by atoms with Crippen LogP contribution in [-0.2, 0) is 9.59 Å². The van der Waals surface area contributed by atoms with Crippen LogP contribution in [0.1, 0.15) is 23.8 Å². The maximum absolute atomic E-state index is 11.6. The van der Waals surface area contributed by atoms with E-state index in [4.69, 9.17) is 0 Å². The monoisotopic (exact) mass is 239 g/mol. The molecule has 1 aliphatic rings. The molecule has 86 valence electrons. The number of hydrogen-bond acceptors (Lipinski definition) is 3. The highest BCUT2D eigenvalue weighted by molar-refractivity contribution is 7.10. The number of thiophene rings is 1. The van der Waals surface area contributed by atoms with E-state index in [1.54, 1.807) is 11.9 Å². The Hall–Kier alpha value is -1.36. The zero-order valence-electron chi connectivity index (χ0n) is 8.92. The Morgan fingerprint density at radius 1 is 1.62 bits per heavy atom. The molecule has 1 aromatic heterocycles. The second-order valence-electron chi connectivity index (χ2n) is 3.95. The van der Waals surface area contributed by atoms with Crippen LogP contribution >= 0.6 is 11.3 Å². The van der Waals surface area contributed by atoms with Gasteiger partial charge in [-0.3, -0.25) is 9.59 Å². The molecular weight excluding hydrogens is 226 g/mol. The predicted octanol–water partition coefficient (Wildman–Crippen LogP) is 1.74. The van der Waals surface area contributed by atoms with Crippen LogP contribution in [0, 0.1) is 5.92 Å². The van der Waals surface area contributed by atoms with E-state index >= 15 is 0 Å². The number of carbonyl (C=O) groups is 2. The fourth-order valence-electron chi connectivity index (χ4n) is 2.15. The molecule has 1 aliphatic heterocycles. The van der Waals surface area contributed by atoms with E-state index in [0.717, 1.165) is 4.88 Å². The molecule has 1 aromatic rings. The lowest BCUT2D eigenvalue weighted by Gasteiger charge is -2.36. The van der Waals surface area contributed by atoms with Crippen LogP contribution in [0.25, 0.3) is 0 Å². The van der Waals surface area contributed by atoms with Crippen molar-refractivity contribution in [1.82, 2.24) is 4.90 Å². The van der Waals surface area contributed by atoms with Crippen molar-refractivity contribution in [3.63, 3.8) is 0 Å². The van der Waals surface area contributed by atoms with Crippen molar-refractivity contribution < 1.29 is 14.7 Å². The minimum Gasteiger partial charge on any atom is -0.481 e. The third kappa shape index (κ3) is 1.82. The van der Waals surface area contributed by atoms with Gasteiger partial charge in [0.2, 0.25) is 5.91 Å². The second-order valence-corrected chi connectivity index (χ2v) is 4.93. The molecule has 0 bridgehead atoms. The molecule has 2 heterocycles. The van der Waals surface area contributed by atoms with Crippen molar-refractivity contribution in [3.8, 4) is 0 Å². The van der Waals surface area contributed by atoms with Gasteiger partial charge in [-0.2, -0.15) is 0 Å². The van der Waals surface area contributed by atoms with Gasteiger partial charge in [0.25, 0.3) is 0 Å². The number of carboxylic acid groups (broad SMARTS) is 1. The molecule has 5 heteroatoms. The van der Waals surface area contributed by atoms with Gasteiger partial charge < -0.3 is 10.0 Å². The van der Waals surface area contributed by atoms with Crippen LogP contribution in [0.2, 0.25) is 0 Å². The van der Waals surface area contributed by atoms with E-state index < -0.39 is 11.9 Å². The summed E-state index contributed by atoms with van der Waals surface area (Å²) in [4.78, 5) is 25.3. The number of carboxylic acids is 1. The van der Waals surface area contributed by atoms with Gasteiger partial charge in [-0.15, -0.1) is 11.3 Å². The average Bonchev–Trinajstić information content (AvgIpc) is 2.74. The van der Waals surface area contributed by atoms with Crippen molar-refractivity contribution in [3.05, 3.63) is 22.4 Å². The number of likely N-dealkylation sites (tertiary alicyclic amines) is 1. The molecule has 2 atom stereocenters. The Morgan fingerprint density at radius 3 is 2.94 bits per heavy atom. The molecule has 1 fully saturated rings. The zero-order valence-corrected chi connectivity index (χ0v) is 9.74. The first-order valence-electron chi connectivity index (χ1n) is 5.13. The molecule has 1 N–H and O–H groups in total. The number of rotatable bonds is 2. The molecule has 0 saturated carbocycles. The summed E-state index contributed by atoms with van der Waals surface area (Å²) in [5.41, 5.74) is 0. The highest BCUT2D eigenvalue weighted by Gasteiger charge is 2.39. The Morgan fingerprint density at radius 2 is 2.38 bits per heavy atom. The van der Waals surface area contributed by atoms with Gasteiger partial charge in [-0.05, 0) is 17.9 Å². The van der Waals surface area contributed by atoms with Crippen LogP contribution in [0.3, 0.4) is 0 Å². The van der Waals surface area contributed by atoms with Crippen molar-refractivity contribution in [2.24, 2.45) is 5.92 Å². The van der Waals surface area contributed by atoms with E-state index in [9.17, 15) is 14.7 Å². The molecule has 0 unspecified atom stereocenters. The Bertz CT molecular complexity index is 401. The molecule has 4 nitrogen and oxygen atoms in total. The smallest absolute Gasteiger partial charge is 0.308 e. The Balaban J connectivity index is 2.34. The first-order valence-corrected chi connectivity index (χ1v) is 6.01. The summed E-state index contributed by atoms with van der Waals surface area (Å²) in [6, 6.07) is 3.46. The summed E-state index contributed by atoms with van der Waals surface area (Å²) < 4.78 is 0. The zero-order chi connectivity index (χ0) is 11.7. The van der Waals surface area contributed by atoms with Gasteiger partial charge in [0.05, 0.1) is 12.0 Å². The summed E-state index contributed by atoms with van der Waals surface area (Å²) in [7, 11) is 1.68. The van der Waals surface area contributed by atoms with E-state index in [1.807, 2.05) is 17.5 Å². The molecule has 1 amide bonds. The Labute approximate surface area is 97.5 Å². The first-order chi connectivity index (χ1) is 7.61. The fourth-order valence-corrected chi connectivity index (χ4v) is 3.08. The maximum Gasteiger partial charge on any atom is 0.308 e. The number of carbonyl (C=O) groups excluding carboxylic acids is 1. The fraction of sp³-hybridized carbons (Fsp3) is 0.455. The van der Waals surface area contributed by atoms with E-state index in [0.29, 0.717) is 12.8 Å². The van der Waals surface area contributed by atoms with Crippen LogP contribution in [-0.4, -0.2) is 28.9 Å². The molecule has 0 spiro atoms. The third-order valence-electron chi connectivity index (χ3n) is 3.01. The van der Waals surface area contributed by atoms with Crippen LogP contribution in [0.5, 0.6) is 0 Å². The first kappa shape index (κ1) is 11.1. The maximum atomic E-state index is 11.6. The highest BCUT2D eigenvalue weighted by atomic mass is 32.1. The number of nitrogens with zero attached hydrogens (tertiary/aromatic N) is 1. The van der Waals surface area contributed by atoms with E-state index in [-0.39, 0.29) is 11.9 Å². The minimum atomic E-state index is -0.822.